The van der Waals surface area contributed by atoms with Crippen LogP contribution in [-0.4, -0.2) is 7.41 Å². The number of benzene rings is 4. The number of quaternary nitrogens is 1. The highest BCUT2D eigenvalue weighted by Crippen LogP contribution is 2.43. The molecule has 2 aliphatic rings. The zero-order valence-corrected chi connectivity index (χ0v) is 19.3. The van der Waals surface area contributed by atoms with Crippen LogP contribution in [0.2, 0.25) is 0 Å². The first-order chi connectivity index (χ1) is 16.8. The van der Waals surface area contributed by atoms with Crippen molar-refractivity contribution in [2.45, 2.75) is 6.42 Å². The summed E-state index contributed by atoms with van der Waals surface area (Å²) < 4.78 is 2.64. The number of anilines is 2. The van der Waals surface area contributed by atoms with Crippen LogP contribution in [0.5, 0.6) is 0 Å². The van der Waals surface area contributed by atoms with Crippen LogP contribution in [0.25, 0.3) is 31.3 Å². The molecule has 4 heteroatoms. The third-order valence-electron chi connectivity index (χ3n) is 6.63. The maximum absolute atomic E-state index is 3.27. The average molecular weight is 452 g/mol. The summed E-state index contributed by atoms with van der Waals surface area (Å²) in [5.41, 5.74) is 11.9. The molecule has 0 fully saturated rings. The molecule has 0 saturated heterocycles. The van der Waals surface area contributed by atoms with E-state index in [9.17, 15) is 0 Å². The van der Waals surface area contributed by atoms with Gasteiger partial charge in [0, 0.05) is 43.6 Å². The minimum Gasteiger partial charge on any atom is -0.380 e. The molecule has 0 unspecified atom stereocenters. The van der Waals surface area contributed by atoms with Gasteiger partial charge >= 0.3 is 0 Å². The van der Waals surface area contributed by atoms with Gasteiger partial charge in [0.05, 0.1) is 5.69 Å². The Labute approximate surface area is 203 Å². The number of thiophene rings is 1. The van der Waals surface area contributed by atoms with Crippen LogP contribution in [0.15, 0.2) is 115 Å². The Morgan fingerprint density at radius 1 is 0.794 bits per heavy atom. The van der Waals surface area contributed by atoms with Crippen LogP contribution in [0, 0.1) is 0 Å². The Balaban J connectivity index is 1.47. The Hall–Kier alpha value is -3.82. The summed E-state index contributed by atoms with van der Waals surface area (Å²) in [6.07, 6.45) is 7.33. The molecule has 0 bridgehead atoms. The first kappa shape index (κ1) is 19.6. The van der Waals surface area contributed by atoms with Gasteiger partial charge in [0.25, 0.3) is 7.41 Å². The molecule has 1 aliphatic heterocycles. The summed E-state index contributed by atoms with van der Waals surface area (Å²) in [6.45, 7) is 0. The summed E-state index contributed by atoms with van der Waals surface area (Å²) in [4.78, 5) is 2.37. The average Bonchev–Trinajstić information content (AvgIpc) is 3.26. The van der Waals surface area contributed by atoms with Gasteiger partial charge < -0.3 is 4.81 Å². The number of nitrogens with zero attached hydrogens (tertiary/aromatic N) is 1. The second kappa shape index (κ2) is 7.90. The monoisotopic (exact) mass is 452 g/mol. The zero-order valence-electron chi connectivity index (χ0n) is 18.5. The van der Waals surface area contributed by atoms with E-state index >= 15 is 0 Å². The molecule has 2 heterocycles. The van der Waals surface area contributed by atoms with Gasteiger partial charge in [-0.1, -0.05) is 66.1 Å². The standard InChI is InChI=1S/C30H20BN2S/c1-2-10-20(11-3-1)32-26-19-30-24(23-14-6-9-17-29(23)34-30)18-28(26)33-27-16-8-5-13-22(27)21-12-4-7-15-25(21)31-33/h1,4-19,32H,2H2/p+1. The number of hydrogen-bond donors (Lipinski definition) is 1. The largest absolute Gasteiger partial charge is 0.380 e. The van der Waals surface area contributed by atoms with E-state index in [0.717, 1.165) is 6.42 Å². The van der Waals surface area contributed by atoms with Crippen molar-refractivity contribution < 1.29 is 5.32 Å². The first-order valence-electron chi connectivity index (χ1n) is 11.6. The van der Waals surface area contributed by atoms with Gasteiger partial charge in [-0.2, -0.15) is 0 Å². The van der Waals surface area contributed by atoms with E-state index in [2.05, 4.69) is 126 Å². The summed E-state index contributed by atoms with van der Waals surface area (Å²) in [6, 6.07) is 30.8. The van der Waals surface area contributed by atoms with Crippen molar-refractivity contribution in [2.75, 3.05) is 4.81 Å². The second-order valence-electron chi connectivity index (χ2n) is 8.71. The smallest absolute Gasteiger partial charge is 0.291 e. The molecule has 34 heavy (non-hydrogen) atoms. The van der Waals surface area contributed by atoms with Crippen molar-refractivity contribution in [3.63, 3.8) is 0 Å². The van der Waals surface area contributed by atoms with Gasteiger partial charge in [-0.05, 0) is 42.3 Å². The number of nitrogens with two attached hydrogens (primary N) is 1. The molecule has 0 saturated carbocycles. The molecular formula is C30H21BN2S+. The fourth-order valence-corrected chi connectivity index (χ4v) is 6.17. The lowest BCUT2D eigenvalue weighted by atomic mass is 9.71. The molecule has 2 N–H and O–H groups in total. The van der Waals surface area contributed by atoms with Crippen LogP contribution in [0.4, 0.5) is 17.1 Å². The van der Waals surface area contributed by atoms with Gasteiger partial charge in [-0.15, -0.1) is 17.1 Å². The van der Waals surface area contributed by atoms with Crippen LogP contribution < -0.4 is 15.6 Å². The van der Waals surface area contributed by atoms with Gasteiger partial charge in [-0.3, -0.25) is 5.32 Å². The van der Waals surface area contributed by atoms with Gasteiger partial charge in [0.2, 0.25) is 0 Å². The van der Waals surface area contributed by atoms with Gasteiger partial charge in [0.15, 0.2) is 5.69 Å². The predicted molar refractivity (Wildman–Crippen MR) is 146 cm³/mol. The molecule has 159 valence electrons. The lowest BCUT2D eigenvalue weighted by Crippen LogP contribution is -2.75. The maximum atomic E-state index is 3.27. The molecule has 4 aromatic carbocycles. The first-order valence-corrected chi connectivity index (χ1v) is 12.4. The molecule has 7 rings (SSSR count). The Morgan fingerprint density at radius 2 is 1.62 bits per heavy atom. The predicted octanol–water partition coefficient (Wildman–Crippen LogP) is 6.31. The highest BCUT2D eigenvalue weighted by molar-refractivity contribution is 7.25. The Bertz CT molecular complexity index is 1690. The lowest BCUT2D eigenvalue weighted by Gasteiger charge is -2.33. The van der Waals surface area contributed by atoms with Crippen molar-refractivity contribution in [1.29, 1.82) is 0 Å². The van der Waals surface area contributed by atoms with E-state index < -0.39 is 0 Å². The molecule has 0 amide bonds. The molecule has 0 spiro atoms. The fourth-order valence-electron chi connectivity index (χ4n) is 5.03. The number of allylic oxidation sites excluding steroid dienone is 2. The molecule has 1 aliphatic carbocycles. The van der Waals surface area contributed by atoms with Crippen LogP contribution in [-0.2, 0) is 0 Å². The normalized spacial score (nSPS) is 14.1. The van der Waals surface area contributed by atoms with Crippen LogP contribution in [0.3, 0.4) is 0 Å². The van der Waals surface area contributed by atoms with Crippen molar-refractivity contribution in [3.05, 3.63) is 115 Å². The van der Waals surface area contributed by atoms with E-state index in [4.69, 9.17) is 0 Å². The fraction of sp³-hybridized carbons (Fsp3) is 0.0333. The summed E-state index contributed by atoms with van der Waals surface area (Å²) in [5, 5.41) is 4.93. The van der Waals surface area contributed by atoms with Gasteiger partial charge in [0.1, 0.15) is 5.70 Å². The Morgan fingerprint density at radius 3 is 2.53 bits per heavy atom. The van der Waals surface area contributed by atoms with Crippen LogP contribution >= 0.6 is 11.3 Å². The van der Waals surface area contributed by atoms with Crippen molar-refractivity contribution >= 4 is 61.4 Å². The van der Waals surface area contributed by atoms with Crippen molar-refractivity contribution in [2.24, 2.45) is 0 Å². The number of para-hydroxylation sites is 1. The molecule has 5 aromatic rings. The Kier molecular flexibility index (Phi) is 4.56. The molecule has 1 radical (unpaired) electrons. The number of rotatable bonds is 3. The van der Waals surface area contributed by atoms with Gasteiger partial charge in [-0.25, -0.2) is 0 Å². The summed E-state index contributed by atoms with van der Waals surface area (Å²) in [7, 11) is 2.29. The summed E-state index contributed by atoms with van der Waals surface area (Å²) >= 11 is 1.87. The van der Waals surface area contributed by atoms with E-state index in [-0.39, 0.29) is 0 Å². The second-order valence-corrected chi connectivity index (χ2v) is 9.79. The minimum absolute atomic E-state index is 0.925. The van der Waals surface area contributed by atoms with Crippen LogP contribution in [0.1, 0.15) is 6.42 Å². The lowest BCUT2D eigenvalue weighted by molar-refractivity contribution is -0.511. The number of fused-ring (bicyclic) bond motifs is 6. The zero-order chi connectivity index (χ0) is 22.5. The number of hydrogen-bond acceptors (Lipinski definition) is 2. The highest BCUT2D eigenvalue weighted by atomic mass is 32.1. The molecule has 2 nitrogen and oxygen atoms in total. The quantitative estimate of drug-likeness (QED) is 0.193. The van der Waals surface area contributed by atoms with Crippen molar-refractivity contribution in [1.82, 2.24) is 0 Å². The van der Waals surface area contributed by atoms with E-state index in [0.29, 0.717) is 0 Å². The SMILES string of the molecule is [B]1c2ccccc2-c2ccccc2N1c1cc2c(cc1[NH2+]C1=CCC=C=C1)sc1ccccc12. The topological polar surface area (TPSA) is 19.9 Å². The third-order valence-corrected chi connectivity index (χ3v) is 7.76. The third kappa shape index (κ3) is 3.16. The molecule has 1 aromatic heterocycles. The molecular weight excluding hydrogens is 431 g/mol. The highest BCUT2D eigenvalue weighted by Gasteiger charge is 2.28. The van der Waals surface area contributed by atoms with Crippen molar-refractivity contribution in [3.8, 4) is 11.1 Å². The van der Waals surface area contributed by atoms with E-state index in [1.807, 2.05) is 11.3 Å². The minimum atomic E-state index is 0.925. The van der Waals surface area contributed by atoms with E-state index in [1.54, 1.807) is 0 Å². The van der Waals surface area contributed by atoms with E-state index in [1.165, 1.54) is 59.5 Å². The molecule has 0 atom stereocenters. The summed E-state index contributed by atoms with van der Waals surface area (Å²) in [5.74, 6) is 0. The maximum Gasteiger partial charge on any atom is 0.291 e.